The van der Waals surface area contributed by atoms with Crippen molar-refractivity contribution in [3.8, 4) is 0 Å². The Morgan fingerprint density at radius 3 is 2.57 bits per heavy atom. The maximum absolute atomic E-state index is 13.2. The van der Waals surface area contributed by atoms with Crippen LogP contribution in [0.3, 0.4) is 0 Å². The van der Waals surface area contributed by atoms with E-state index < -0.39 is 23.7 Å². The van der Waals surface area contributed by atoms with Gasteiger partial charge in [-0.25, -0.2) is 14.7 Å². The standard InChI is InChI=1S/C26H23ClN4O5S/c1-5-36-25(35)21-15(4)28-26(37-21)30-22(32)16-7-6-8-17(12-16)29-20-19(27)23(33)31(24(20)34)18-11-13(2)9-10-14(18)3/h6-12,29H,5H2,1-4H3,(H,28,30,32). The van der Waals surface area contributed by atoms with E-state index in [4.69, 9.17) is 16.3 Å². The summed E-state index contributed by atoms with van der Waals surface area (Å²) in [6.07, 6.45) is 0. The van der Waals surface area contributed by atoms with Crippen molar-refractivity contribution in [1.82, 2.24) is 4.98 Å². The van der Waals surface area contributed by atoms with Gasteiger partial charge in [0.15, 0.2) is 5.13 Å². The first-order valence-electron chi connectivity index (χ1n) is 11.3. The van der Waals surface area contributed by atoms with E-state index in [1.165, 1.54) is 6.07 Å². The number of imide groups is 1. The number of carbonyl (C=O) groups excluding carboxylic acids is 4. The first kappa shape index (κ1) is 26.1. The molecule has 1 aliphatic rings. The van der Waals surface area contributed by atoms with E-state index in [9.17, 15) is 19.2 Å². The van der Waals surface area contributed by atoms with Crippen LogP contribution in [0.25, 0.3) is 0 Å². The van der Waals surface area contributed by atoms with Crippen LogP contribution in [-0.2, 0) is 14.3 Å². The number of hydrogen-bond acceptors (Lipinski definition) is 8. The minimum Gasteiger partial charge on any atom is -0.462 e. The van der Waals surface area contributed by atoms with E-state index in [2.05, 4.69) is 15.6 Å². The van der Waals surface area contributed by atoms with E-state index in [0.717, 1.165) is 27.4 Å². The number of halogens is 1. The number of nitrogens with zero attached hydrogens (tertiary/aromatic N) is 2. The Labute approximate surface area is 222 Å². The van der Waals surface area contributed by atoms with Gasteiger partial charge in [0.25, 0.3) is 17.7 Å². The largest absolute Gasteiger partial charge is 0.462 e. The summed E-state index contributed by atoms with van der Waals surface area (Å²) in [5, 5.41) is 5.56. The molecule has 0 aliphatic carbocycles. The molecule has 190 valence electrons. The van der Waals surface area contributed by atoms with E-state index in [1.807, 2.05) is 19.1 Å². The van der Waals surface area contributed by atoms with Gasteiger partial charge in [-0.05, 0) is 63.1 Å². The van der Waals surface area contributed by atoms with Gasteiger partial charge in [0.2, 0.25) is 0 Å². The molecule has 0 spiro atoms. The molecular weight excluding hydrogens is 516 g/mol. The fraction of sp³-hybridized carbons (Fsp3) is 0.192. The summed E-state index contributed by atoms with van der Waals surface area (Å²) in [4.78, 5) is 56.5. The molecule has 2 N–H and O–H groups in total. The lowest BCUT2D eigenvalue weighted by molar-refractivity contribution is -0.120. The van der Waals surface area contributed by atoms with Crippen LogP contribution >= 0.6 is 22.9 Å². The van der Waals surface area contributed by atoms with E-state index in [-0.39, 0.29) is 28.0 Å². The van der Waals surface area contributed by atoms with Crippen LogP contribution < -0.4 is 15.5 Å². The first-order valence-corrected chi connectivity index (χ1v) is 12.5. The molecule has 1 aromatic heterocycles. The lowest BCUT2D eigenvalue weighted by Crippen LogP contribution is -2.33. The predicted molar refractivity (Wildman–Crippen MR) is 142 cm³/mol. The molecule has 0 atom stereocenters. The Bertz CT molecular complexity index is 1480. The van der Waals surface area contributed by atoms with Gasteiger partial charge >= 0.3 is 5.97 Å². The SMILES string of the molecule is CCOC(=O)c1sc(NC(=O)c2cccc(NC3=C(Cl)C(=O)N(c4cc(C)ccc4C)C3=O)c2)nc1C. The van der Waals surface area contributed by atoms with Crippen LogP contribution in [0.1, 0.15) is 43.8 Å². The zero-order valence-corrected chi connectivity index (χ0v) is 22.0. The maximum Gasteiger partial charge on any atom is 0.350 e. The van der Waals surface area contributed by atoms with Gasteiger partial charge in [-0.2, -0.15) is 0 Å². The summed E-state index contributed by atoms with van der Waals surface area (Å²) in [6.45, 7) is 7.26. The van der Waals surface area contributed by atoms with Crippen molar-refractivity contribution in [2.24, 2.45) is 0 Å². The molecule has 0 bridgehead atoms. The second-order valence-electron chi connectivity index (χ2n) is 8.24. The average molecular weight is 539 g/mol. The van der Waals surface area contributed by atoms with Gasteiger partial charge in [-0.1, -0.05) is 41.1 Å². The molecule has 3 aromatic rings. The lowest BCUT2D eigenvalue weighted by atomic mass is 10.1. The summed E-state index contributed by atoms with van der Waals surface area (Å²) in [6, 6.07) is 11.8. The van der Waals surface area contributed by atoms with Crippen LogP contribution in [0.5, 0.6) is 0 Å². The number of thiazole rings is 1. The van der Waals surface area contributed by atoms with Crippen LogP contribution in [0.15, 0.2) is 53.2 Å². The van der Waals surface area contributed by atoms with Crippen molar-refractivity contribution in [3.05, 3.63) is 80.5 Å². The molecule has 3 amide bonds. The molecule has 9 nitrogen and oxygen atoms in total. The van der Waals surface area contributed by atoms with Gasteiger partial charge in [0.1, 0.15) is 15.6 Å². The monoisotopic (exact) mass is 538 g/mol. The molecule has 11 heteroatoms. The Morgan fingerprint density at radius 1 is 1.08 bits per heavy atom. The van der Waals surface area contributed by atoms with Crippen molar-refractivity contribution in [2.45, 2.75) is 27.7 Å². The number of hydrogen-bond donors (Lipinski definition) is 2. The van der Waals surface area contributed by atoms with Crippen molar-refractivity contribution in [3.63, 3.8) is 0 Å². The molecule has 4 rings (SSSR count). The Morgan fingerprint density at radius 2 is 1.84 bits per heavy atom. The molecule has 2 aromatic carbocycles. The van der Waals surface area contributed by atoms with E-state index in [1.54, 1.807) is 45.0 Å². The Hall–Kier alpha value is -4.02. The van der Waals surface area contributed by atoms with Crippen LogP contribution in [0.4, 0.5) is 16.5 Å². The van der Waals surface area contributed by atoms with Crippen LogP contribution in [-0.4, -0.2) is 35.3 Å². The molecule has 1 aliphatic heterocycles. The van der Waals surface area contributed by atoms with Crippen molar-refractivity contribution < 1.29 is 23.9 Å². The highest BCUT2D eigenvalue weighted by molar-refractivity contribution is 7.17. The molecule has 0 radical (unpaired) electrons. The zero-order chi connectivity index (χ0) is 26.9. The third-order valence-electron chi connectivity index (χ3n) is 5.50. The number of amides is 3. The highest BCUT2D eigenvalue weighted by atomic mass is 35.5. The van der Waals surface area contributed by atoms with Crippen LogP contribution in [0, 0.1) is 20.8 Å². The fourth-order valence-corrected chi connectivity index (χ4v) is 4.75. The van der Waals surface area contributed by atoms with Crippen molar-refractivity contribution in [2.75, 3.05) is 22.1 Å². The lowest BCUT2D eigenvalue weighted by Gasteiger charge is -2.18. The zero-order valence-electron chi connectivity index (χ0n) is 20.5. The molecular formula is C26H23ClN4O5S. The van der Waals surface area contributed by atoms with E-state index in [0.29, 0.717) is 21.9 Å². The van der Waals surface area contributed by atoms with E-state index >= 15 is 0 Å². The van der Waals surface area contributed by atoms with Gasteiger partial charge < -0.3 is 10.1 Å². The second kappa shape index (κ2) is 10.5. The third kappa shape index (κ3) is 5.25. The number of esters is 1. The third-order valence-corrected chi connectivity index (χ3v) is 6.91. The predicted octanol–water partition coefficient (Wildman–Crippen LogP) is 4.93. The maximum atomic E-state index is 13.2. The topological polar surface area (TPSA) is 118 Å². The summed E-state index contributed by atoms with van der Waals surface area (Å²) < 4.78 is 5.00. The minimum atomic E-state index is -0.631. The average Bonchev–Trinajstić information content (AvgIpc) is 3.33. The number of rotatable bonds is 7. The molecule has 2 heterocycles. The number of carbonyl (C=O) groups is 4. The van der Waals surface area contributed by atoms with Gasteiger partial charge in [0, 0.05) is 11.3 Å². The molecule has 37 heavy (non-hydrogen) atoms. The number of anilines is 3. The van der Waals surface area contributed by atoms with Gasteiger partial charge in [-0.3, -0.25) is 19.7 Å². The number of ether oxygens (including phenoxy) is 1. The van der Waals surface area contributed by atoms with Crippen molar-refractivity contribution in [1.29, 1.82) is 0 Å². The Balaban J connectivity index is 1.52. The summed E-state index contributed by atoms with van der Waals surface area (Å²) in [5.41, 5.74) is 3.11. The highest BCUT2D eigenvalue weighted by Gasteiger charge is 2.39. The Kier molecular flexibility index (Phi) is 7.42. The fourth-order valence-electron chi connectivity index (χ4n) is 3.68. The van der Waals surface area contributed by atoms with Gasteiger partial charge in [0.05, 0.1) is 18.0 Å². The summed E-state index contributed by atoms with van der Waals surface area (Å²) >= 11 is 7.28. The summed E-state index contributed by atoms with van der Waals surface area (Å²) in [5.74, 6) is -2.20. The smallest absolute Gasteiger partial charge is 0.350 e. The van der Waals surface area contributed by atoms with Crippen LogP contribution in [0.2, 0.25) is 0 Å². The molecule has 0 saturated carbocycles. The quantitative estimate of drug-likeness (QED) is 0.323. The molecule has 0 fully saturated rings. The number of aromatic nitrogens is 1. The molecule has 0 unspecified atom stereocenters. The normalized spacial score (nSPS) is 13.3. The minimum absolute atomic E-state index is 0.0836. The first-order chi connectivity index (χ1) is 17.6. The van der Waals surface area contributed by atoms with Gasteiger partial charge in [-0.15, -0.1) is 0 Å². The number of aryl methyl sites for hydroxylation is 3. The number of benzene rings is 2. The second-order valence-corrected chi connectivity index (χ2v) is 9.62. The highest BCUT2D eigenvalue weighted by Crippen LogP contribution is 2.32. The summed E-state index contributed by atoms with van der Waals surface area (Å²) in [7, 11) is 0. The number of nitrogens with one attached hydrogen (secondary N) is 2. The van der Waals surface area contributed by atoms with Crippen molar-refractivity contribution >= 4 is 63.1 Å². The molecule has 0 saturated heterocycles.